The molecule has 2 heterocycles. The number of hydrogen-bond donors (Lipinski definition) is 1. The SMILES string of the molecule is CCc1ccc(-c2nc(CN3CCC[C@H](C(=O)NC4CCCC4)C3)c(C)o2)cc1. The summed E-state index contributed by atoms with van der Waals surface area (Å²) in [5, 5.41) is 3.28. The second-order valence-electron chi connectivity index (χ2n) is 8.64. The van der Waals surface area contributed by atoms with Crippen molar-refractivity contribution in [3.8, 4) is 11.5 Å². The van der Waals surface area contributed by atoms with E-state index in [1.54, 1.807) is 0 Å². The monoisotopic (exact) mass is 395 g/mol. The molecule has 2 aliphatic rings. The van der Waals surface area contributed by atoms with Crippen LogP contribution >= 0.6 is 0 Å². The molecule has 0 spiro atoms. The Morgan fingerprint density at radius 1 is 1.17 bits per heavy atom. The molecular weight excluding hydrogens is 362 g/mol. The molecule has 156 valence electrons. The number of nitrogens with one attached hydrogen (secondary N) is 1. The van der Waals surface area contributed by atoms with Crippen LogP contribution in [0.5, 0.6) is 0 Å². The lowest BCUT2D eigenvalue weighted by Gasteiger charge is -2.32. The number of benzene rings is 1. The van der Waals surface area contributed by atoms with E-state index in [4.69, 9.17) is 9.40 Å². The topological polar surface area (TPSA) is 58.4 Å². The van der Waals surface area contributed by atoms with E-state index in [1.807, 2.05) is 6.92 Å². The van der Waals surface area contributed by atoms with Gasteiger partial charge in [0, 0.05) is 24.7 Å². The number of hydrogen-bond acceptors (Lipinski definition) is 4. The van der Waals surface area contributed by atoms with Crippen molar-refractivity contribution in [3.63, 3.8) is 0 Å². The van der Waals surface area contributed by atoms with Gasteiger partial charge in [-0.05, 0) is 63.3 Å². The lowest BCUT2D eigenvalue weighted by Crippen LogP contribution is -2.45. The fourth-order valence-electron chi connectivity index (χ4n) is 4.60. The second-order valence-corrected chi connectivity index (χ2v) is 8.64. The van der Waals surface area contributed by atoms with Crippen LogP contribution in [-0.2, 0) is 17.8 Å². The summed E-state index contributed by atoms with van der Waals surface area (Å²) in [4.78, 5) is 19.8. The van der Waals surface area contributed by atoms with E-state index in [2.05, 4.69) is 41.4 Å². The third-order valence-corrected chi connectivity index (χ3v) is 6.45. The average Bonchev–Trinajstić information content (AvgIpc) is 3.38. The molecule has 2 aromatic rings. The maximum atomic E-state index is 12.7. The molecule has 5 nitrogen and oxygen atoms in total. The summed E-state index contributed by atoms with van der Waals surface area (Å²) in [6.07, 6.45) is 7.85. The molecule has 1 N–H and O–H groups in total. The average molecular weight is 396 g/mol. The van der Waals surface area contributed by atoms with Crippen LogP contribution in [0.4, 0.5) is 0 Å². The number of amides is 1. The van der Waals surface area contributed by atoms with Crippen molar-refractivity contribution in [2.45, 2.75) is 71.4 Å². The number of carbonyl (C=O) groups excluding carboxylic acids is 1. The standard InChI is InChI=1S/C24H33N3O2/c1-3-18-10-12-19(13-11-18)24-26-22(17(2)29-24)16-27-14-6-7-20(15-27)23(28)25-21-8-4-5-9-21/h10-13,20-21H,3-9,14-16H2,1-2H3,(H,25,28)/t20-/m0/s1. The summed E-state index contributed by atoms with van der Waals surface area (Å²) >= 11 is 0. The largest absolute Gasteiger partial charge is 0.441 e. The van der Waals surface area contributed by atoms with Gasteiger partial charge in [-0.2, -0.15) is 0 Å². The molecule has 1 aromatic carbocycles. The number of rotatable bonds is 6. The van der Waals surface area contributed by atoms with Gasteiger partial charge in [0.15, 0.2) is 0 Å². The normalized spacial score (nSPS) is 20.8. The number of carbonyl (C=O) groups is 1. The lowest BCUT2D eigenvalue weighted by molar-refractivity contribution is -0.127. The smallest absolute Gasteiger partial charge is 0.226 e. The fraction of sp³-hybridized carbons (Fsp3) is 0.583. The molecule has 0 bridgehead atoms. The third-order valence-electron chi connectivity index (χ3n) is 6.45. The summed E-state index contributed by atoms with van der Waals surface area (Å²) in [5.41, 5.74) is 3.31. The minimum atomic E-state index is 0.0950. The molecule has 0 unspecified atom stereocenters. The van der Waals surface area contributed by atoms with E-state index in [9.17, 15) is 4.79 Å². The minimum Gasteiger partial charge on any atom is -0.441 e. The first-order chi connectivity index (χ1) is 14.1. The number of nitrogens with zero attached hydrogens (tertiary/aromatic N) is 2. The summed E-state index contributed by atoms with van der Waals surface area (Å²) in [5.74, 6) is 1.90. The molecule has 1 atom stereocenters. The Labute approximate surface area is 173 Å². The Balaban J connectivity index is 1.38. The van der Waals surface area contributed by atoms with Crippen molar-refractivity contribution < 1.29 is 9.21 Å². The van der Waals surface area contributed by atoms with Gasteiger partial charge in [0.05, 0.1) is 11.6 Å². The van der Waals surface area contributed by atoms with Gasteiger partial charge in [0.25, 0.3) is 0 Å². The molecule has 4 rings (SSSR count). The molecule has 29 heavy (non-hydrogen) atoms. The number of piperidine rings is 1. The van der Waals surface area contributed by atoms with Crippen molar-refractivity contribution in [3.05, 3.63) is 41.3 Å². The van der Waals surface area contributed by atoms with E-state index in [1.165, 1.54) is 18.4 Å². The van der Waals surface area contributed by atoms with Crippen LogP contribution in [-0.4, -0.2) is 34.9 Å². The predicted molar refractivity (Wildman–Crippen MR) is 114 cm³/mol. The first-order valence-electron chi connectivity index (χ1n) is 11.2. The second kappa shape index (κ2) is 9.12. The van der Waals surface area contributed by atoms with Gasteiger partial charge in [0.2, 0.25) is 11.8 Å². The van der Waals surface area contributed by atoms with Crippen LogP contribution in [0.1, 0.15) is 62.5 Å². The Morgan fingerprint density at radius 2 is 1.93 bits per heavy atom. The molecule has 1 aliphatic carbocycles. The highest BCUT2D eigenvalue weighted by Gasteiger charge is 2.29. The summed E-state index contributed by atoms with van der Waals surface area (Å²) in [6, 6.07) is 8.83. The van der Waals surface area contributed by atoms with Crippen molar-refractivity contribution >= 4 is 5.91 Å². The van der Waals surface area contributed by atoms with Gasteiger partial charge in [-0.25, -0.2) is 4.98 Å². The third kappa shape index (κ3) is 4.89. The van der Waals surface area contributed by atoms with Crippen molar-refractivity contribution in [2.24, 2.45) is 5.92 Å². The van der Waals surface area contributed by atoms with Gasteiger partial charge < -0.3 is 9.73 Å². The van der Waals surface area contributed by atoms with Gasteiger partial charge in [-0.1, -0.05) is 31.9 Å². The highest BCUT2D eigenvalue weighted by atomic mass is 16.4. The maximum absolute atomic E-state index is 12.7. The molecule has 1 saturated heterocycles. The van der Waals surface area contributed by atoms with E-state index in [0.29, 0.717) is 11.9 Å². The predicted octanol–water partition coefficient (Wildman–Crippen LogP) is 4.48. The molecule has 1 saturated carbocycles. The van der Waals surface area contributed by atoms with Crippen molar-refractivity contribution in [2.75, 3.05) is 13.1 Å². The summed E-state index contributed by atoms with van der Waals surface area (Å²) in [6.45, 7) is 6.71. The van der Waals surface area contributed by atoms with Crippen molar-refractivity contribution in [1.29, 1.82) is 0 Å². The van der Waals surface area contributed by atoms with Gasteiger partial charge in [0.1, 0.15) is 5.76 Å². The molecule has 1 amide bonds. The van der Waals surface area contributed by atoms with Crippen LogP contribution in [0, 0.1) is 12.8 Å². The first kappa shape index (κ1) is 20.1. The molecular formula is C24H33N3O2. The van der Waals surface area contributed by atoms with Gasteiger partial charge in [-0.15, -0.1) is 0 Å². The number of oxazole rings is 1. The van der Waals surface area contributed by atoms with Crippen LogP contribution in [0.3, 0.4) is 0 Å². The Bertz CT molecular complexity index is 821. The fourth-order valence-corrected chi connectivity index (χ4v) is 4.60. The van der Waals surface area contributed by atoms with Crippen molar-refractivity contribution in [1.82, 2.24) is 15.2 Å². The number of aromatic nitrogens is 1. The number of likely N-dealkylation sites (tertiary alicyclic amines) is 1. The number of aryl methyl sites for hydroxylation is 2. The summed E-state index contributed by atoms with van der Waals surface area (Å²) in [7, 11) is 0. The Morgan fingerprint density at radius 3 is 2.66 bits per heavy atom. The zero-order valence-corrected chi connectivity index (χ0v) is 17.7. The Hall–Kier alpha value is -2.14. The highest BCUT2D eigenvalue weighted by Crippen LogP contribution is 2.25. The van der Waals surface area contributed by atoms with Crippen LogP contribution in [0.15, 0.2) is 28.7 Å². The molecule has 2 fully saturated rings. The van der Waals surface area contributed by atoms with E-state index < -0.39 is 0 Å². The van der Waals surface area contributed by atoms with E-state index >= 15 is 0 Å². The molecule has 1 aliphatic heterocycles. The van der Waals surface area contributed by atoms with Crippen LogP contribution in [0.2, 0.25) is 0 Å². The van der Waals surface area contributed by atoms with Crippen LogP contribution in [0.25, 0.3) is 11.5 Å². The minimum absolute atomic E-state index is 0.0950. The maximum Gasteiger partial charge on any atom is 0.226 e. The van der Waals surface area contributed by atoms with E-state index in [-0.39, 0.29) is 11.8 Å². The first-order valence-corrected chi connectivity index (χ1v) is 11.2. The zero-order chi connectivity index (χ0) is 20.2. The Kier molecular flexibility index (Phi) is 6.34. The lowest BCUT2D eigenvalue weighted by atomic mass is 9.96. The molecule has 5 heteroatoms. The molecule has 0 radical (unpaired) electrons. The van der Waals surface area contributed by atoms with E-state index in [0.717, 1.165) is 68.8 Å². The summed E-state index contributed by atoms with van der Waals surface area (Å²) < 4.78 is 5.96. The zero-order valence-electron chi connectivity index (χ0n) is 17.7. The van der Waals surface area contributed by atoms with Gasteiger partial charge >= 0.3 is 0 Å². The van der Waals surface area contributed by atoms with Crippen LogP contribution < -0.4 is 5.32 Å². The highest BCUT2D eigenvalue weighted by molar-refractivity contribution is 5.79. The quantitative estimate of drug-likeness (QED) is 0.783. The molecule has 1 aromatic heterocycles. The van der Waals surface area contributed by atoms with Gasteiger partial charge in [-0.3, -0.25) is 9.69 Å².